The standard InChI is InChI=1S/C22H27ClN4O2.HI/c1-2-24-22(26-13-14-4-8-17(23)9-5-14)25-10-3-11-27-20(28)18-15-6-7-16(12-15)19(18)21(27)29;/h4-9,15-16,18-19H,2-3,10-13H2,1H3,(H2,24,25,26);1H. The van der Waals surface area contributed by atoms with Crippen molar-refractivity contribution in [2.24, 2.45) is 28.7 Å². The largest absolute Gasteiger partial charge is 0.357 e. The Balaban J connectivity index is 0.00000256. The molecule has 3 aliphatic rings. The van der Waals surface area contributed by atoms with Crippen molar-refractivity contribution in [1.29, 1.82) is 0 Å². The molecule has 2 bridgehead atoms. The van der Waals surface area contributed by atoms with Gasteiger partial charge in [0.1, 0.15) is 0 Å². The molecule has 162 valence electrons. The lowest BCUT2D eigenvalue weighted by Crippen LogP contribution is -2.40. The molecule has 8 heteroatoms. The number of carbonyl (C=O) groups excluding carboxylic acids is 2. The molecule has 1 heterocycles. The lowest BCUT2D eigenvalue weighted by Gasteiger charge is -2.18. The van der Waals surface area contributed by atoms with Crippen molar-refractivity contribution in [2.75, 3.05) is 19.6 Å². The number of fused-ring (bicyclic) bond motifs is 5. The number of likely N-dealkylation sites (tertiary alicyclic amines) is 1. The fourth-order valence-corrected chi connectivity index (χ4v) is 4.86. The van der Waals surface area contributed by atoms with Crippen molar-refractivity contribution in [3.05, 3.63) is 47.0 Å². The number of guanidine groups is 1. The van der Waals surface area contributed by atoms with Crippen LogP contribution in [0.2, 0.25) is 5.02 Å². The summed E-state index contributed by atoms with van der Waals surface area (Å²) in [4.78, 5) is 31.5. The van der Waals surface area contributed by atoms with Crippen molar-refractivity contribution in [3.63, 3.8) is 0 Å². The maximum atomic E-state index is 12.7. The molecule has 1 aromatic carbocycles. The molecule has 0 radical (unpaired) electrons. The van der Waals surface area contributed by atoms with E-state index < -0.39 is 0 Å². The third kappa shape index (κ3) is 4.66. The fraction of sp³-hybridized carbons (Fsp3) is 0.500. The van der Waals surface area contributed by atoms with Crippen LogP contribution in [0.3, 0.4) is 0 Å². The number of hydrogen-bond acceptors (Lipinski definition) is 3. The quantitative estimate of drug-likeness (QED) is 0.139. The van der Waals surface area contributed by atoms with E-state index in [4.69, 9.17) is 11.6 Å². The van der Waals surface area contributed by atoms with E-state index in [1.54, 1.807) is 0 Å². The van der Waals surface area contributed by atoms with Gasteiger partial charge in [-0.2, -0.15) is 0 Å². The summed E-state index contributed by atoms with van der Waals surface area (Å²) >= 11 is 5.92. The SMILES string of the molecule is CCNC(=NCc1ccc(Cl)cc1)NCCCN1C(=O)C2C3C=CC(C3)C2C1=O.I. The zero-order chi connectivity index (χ0) is 20.4. The Bertz CT molecular complexity index is 812. The van der Waals surface area contributed by atoms with Crippen LogP contribution < -0.4 is 10.6 Å². The number of allylic oxidation sites excluding steroid dienone is 2. The fourth-order valence-electron chi connectivity index (χ4n) is 4.73. The molecular formula is C22H28ClIN4O2. The summed E-state index contributed by atoms with van der Waals surface area (Å²) < 4.78 is 0. The minimum atomic E-state index is -0.108. The van der Waals surface area contributed by atoms with E-state index in [2.05, 4.69) is 27.8 Å². The number of amides is 2. The Kier molecular flexibility index (Phi) is 7.79. The van der Waals surface area contributed by atoms with Gasteiger partial charge in [0, 0.05) is 24.7 Å². The number of nitrogens with zero attached hydrogens (tertiary/aromatic N) is 2. The predicted molar refractivity (Wildman–Crippen MR) is 129 cm³/mol. The van der Waals surface area contributed by atoms with Gasteiger partial charge in [0.2, 0.25) is 11.8 Å². The highest BCUT2D eigenvalue weighted by Gasteiger charge is 2.58. The van der Waals surface area contributed by atoms with Gasteiger partial charge in [0.25, 0.3) is 0 Å². The average Bonchev–Trinajstić information content (AvgIpc) is 3.39. The highest BCUT2D eigenvalue weighted by molar-refractivity contribution is 14.0. The van der Waals surface area contributed by atoms with Crippen LogP contribution >= 0.6 is 35.6 Å². The number of aliphatic imine (C=N–C) groups is 1. The molecule has 4 rings (SSSR count). The number of hydrogen-bond donors (Lipinski definition) is 2. The predicted octanol–water partition coefficient (Wildman–Crippen LogP) is 3.21. The number of halogens is 2. The third-order valence-electron chi connectivity index (χ3n) is 6.09. The van der Waals surface area contributed by atoms with Gasteiger partial charge in [-0.15, -0.1) is 24.0 Å². The average molecular weight is 543 g/mol. The number of rotatable bonds is 7. The smallest absolute Gasteiger partial charge is 0.233 e. The van der Waals surface area contributed by atoms with E-state index in [0.29, 0.717) is 31.1 Å². The van der Waals surface area contributed by atoms with Gasteiger partial charge in [-0.05, 0) is 49.3 Å². The monoisotopic (exact) mass is 542 g/mol. The molecule has 1 saturated heterocycles. The van der Waals surface area contributed by atoms with E-state index in [1.807, 2.05) is 31.2 Å². The molecule has 0 spiro atoms. The summed E-state index contributed by atoms with van der Waals surface area (Å²) in [6.45, 7) is 4.43. The normalized spacial score (nSPS) is 26.7. The Hall–Kier alpha value is -1.61. The number of benzene rings is 1. The van der Waals surface area contributed by atoms with Crippen LogP contribution in [0.1, 0.15) is 25.3 Å². The van der Waals surface area contributed by atoms with Crippen LogP contribution in [-0.4, -0.2) is 42.3 Å². The molecule has 4 atom stereocenters. The van der Waals surface area contributed by atoms with Crippen LogP contribution in [0.4, 0.5) is 0 Å². The second-order valence-electron chi connectivity index (χ2n) is 7.93. The van der Waals surface area contributed by atoms with Gasteiger partial charge in [0.05, 0.1) is 18.4 Å². The van der Waals surface area contributed by atoms with Crippen molar-refractivity contribution in [3.8, 4) is 0 Å². The lowest BCUT2D eigenvalue weighted by atomic mass is 9.85. The summed E-state index contributed by atoms with van der Waals surface area (Å²) in [6.07, 6.45) is 5.92. The summed E-state index contributed by atoms with van der Waals surface area (Å²) in [5.74, 6) is 1.10. The van der Waals surface area contributed by atoms with Gasteiger partial charge < -0.3 is 10.6 Å². The second kappa shape index (κ2) is 10.1. The van der Waals surface area contributed by atoms with E-state index in [-0.39, 0.29) is 59.5 Å². The highest BCUT2D eigenvalue weighted by Crippen LogP contribution is 2.52. The van der Waals surface area contributed by atoms with Crippen molar-refractivity contribution in [1.82, 2.24) is 15.5 Å². The maximum Gasteiger partial charge on any atom is 0.233 e. The van der Waals surface area contributed by atoms with E-state index in [0.717, 1.165) is 24.5 Å². The van der Waals surface area contributed by atoms with Crippen LogP contribution in [-0.2, 0) is 16.1 Å². The van der Waals surface area contributed by atoms with Gasteiger partial charge >= 0.3 is 0 Å². The molecule has 1 aliphatic heterocycles. The molecule has 0 aromatic heterocycles. The summed E-state index contributed by atoms with van der Waals surface area (Å²) in [5.41, 5.74) is 1.08. The Labute approximate surface area is 199 Å². The molecule has 2 aliphatic carbocycles. The van der Waals surface area contributed by atoms with Gasteiger partial charge in [-0.1, -0.05) is 35.9 Å². The molecule has 6 nitrogen and oxygen atoms in total. The number of carbonyl (C=O) groups is 2. The Morgan fingerprint density at radius 3 is 2.33 bits per heavy atom. The molecule has 2 amide bonds. The van der Waals surface area contributed by atoms with Crippen molar-refractivity contribution < 1.29 is 9.59 Å². The maximum absolute atomic E-state index is 12.7. The van der Waals surface area contributed by atoms with E-state index in [9.17, 15) is 9.59 Å². The summed E-state index contributed by atoms with van der Waals surface area (Å²) in [7, 11) is 0. The van der Waals surface area contributed by atoms with Gasteiger partial charge in [-0.3, -0.25) is 14.5 Å². The first kappa shape index (κ1) is 23.1. The molecule has 1 aromatic rings. The first-order valence-corrected chi connectivity index (χ1v) is 10.8. The van der Waals surface area contributed by atoms with Gasteiger partial charge in [0.15, 0.2) is 5.96 Å². The van der Waals surface area contributed by atoms with Crippen LogP contribution in [0, 0.1) is 23.7 Å². The van der Waals surface area contributed by atoms with Crippen LogP contribution in [0.5, 0.6) is 0 Å². The summed E-state index contributed by atoms with van der Waals surface area (Å²) in [5, 5.41) is 7.22. The number of nitrogens with one attached hydrogen (secondary N) is 2. The molecule has 2 fully saturated rings. The van der Waals surface area contributed by atoms with E-state index in [1.165, 1.54) is 4.90 Å². The lowest BCUT2D eigenvalue weighted by molar-refractivity contribution is -0.140. The zero-order valence-electron chi connectivity index (χ0n) is 17.0. The molecule has 1 saturated carbocycles. The minimum Gasteiger partial charge on any atom is -0.357 e. The topological polar surface area (TPSA) is 73.8 Å². The third-order valence-corrected chi connectivity index (χ3v) is 6.34. The Morgan fingerprint density at radius 2 is 1.73 bits per heavy atom. The van der Waals surface area contributed by atoms with Gasteiger partial charge in [-0.25, -0.2) is 4.99 Å². The molecule has 30 heavy (non-hydrogen) atoms. The van der Waals surface area contributed by atoms with Crippen molar-refractivity contribution >= 4 is 53.4 Å². The minimum absolute atomic E-state index is 0. The summed E-state index contributed by atoms with van der Waals surface area (Å²) in [6, 6.07) is 7.62. The van der Waals surface area contributed by atoms with Crippen LogP contribution in [0.15, 0.2) is 41.4 Å². The van der Waals surface area contributed by atoms with Crippen LogP contribution in [0.25, 0.3) is 0 Å². The first-order chi connectivity index (χ1) is 14.1. The molecule has 2 N–H and O–H groups in total. The number of imide groups is 1. The first-order valence-electron chi connectivity index (χ1n) is 10.4. The van der Waals surface area contributed by atoms with E-state index >= 15 is 0 Å². The molecular weight excluding hydrogens is 515 g/mol. The Morgan fingerprint density at radius 1 is 1.10 bits per heavy atom. The highest BCUT2D eigenvalue weighted by atomic mass is 127. The molecule has 4 unspecified atom stereocenters. The second-order valence-corrected chi connectivity index (χ2v) is 8.37. The van der Waals surface area contributed by atoms with Crippen molar-refractivity contribution in [2.45, 2.75) is 26.3 Å². The zero-order valence-corrected chi connectivity index (χ0v) is 20.1.